The number of pyridine rings is 1. The van der Waals surface area contributed by atoms with Crippen molar-refractivity contribution in [2.45, 2.75) is 59.2 Å². The summed E-state index contributed by atoms with van der Waals surface area (Å²) in [6.45, 7) is 11.9. The minimum Gasteiger partial charge on any atom is -0.354 e. The number of hydrogen-bond donors (Lipinski definition) is 1. The van der Waals surface area contributed by atoms with E-state index < -0.39 is 0 Å². The number of nitrogens with one attached hydrogen (secondary N) is 1. The number of anilines is 1. The molecule has 0 spiro atoms. The van der Waals surface area contributed by atoms with Crippen molar-refractivity contribution in [3.05, 3.63) is 23.9 Å². The van der Waals surface area contributed by atoms with Crippen molar-refractivity contribution in [3.63, 3.8) is 0 Å². The van der Waals surface area contributed by atoms with Gasteiger partial charge in [0.15, 0.2) is 0 Å². The SMILES string of the molecule is CCC(C)(C)N(C)c1ncccc1CNC(C)C. The van der Waals surface area contributed by atoms with E-state index in [1.807, 2.05) is 12.3 Å². The second-order valence-electron chi connectivity index (χ2n) is 5.75. The van der Waals surface area contributed by atoms with Crippen LogP contribution in [-0.2, 0) is 6.54 Å². The largest absolute Gasteiger partial charge is 0.354 e. The zero-order valence-corrected chi connectivity index (χ0v) is 12.6. The predicted octanol–water partition coefficient (Wildman–Crippen LogP) is 3.20. The molecule has 102 valence electrons. The first-order chi connectivity index (χ1) is 8.38. The zero-order chi connectivity index (χ0) is 13.8. The Bertz CT molecular complexity index is 372. The summed E-state index contributed by atoms with van der Waals surface area (Å²) in [5, 5.41) is 3.46. The average molecular weight is 249 g/mol. The van der Waals surface area contributed by atoms with E-state index in [0.717, 1.165) is 18.8 Å². The summed E-state index contributed by atoms with van der Waals surface area (Å²) in [5.41, 5.74) is 1.39. The van der Waals surface area contributed by atoms with Gasteiger partial charge in [0.1, 0.15) is 5.82 Å². The molecule has 1 N–H and O–H groups in total. The van der Waals surface area contributed by atoms with Crippen molar-refractivity contribution >= 4 is 5.82 Å². The summed E-state index contributed by atoms with van der Waals surface area (Å²) < 4.78 is 0. The monoisotopic (exact) mass is 249 g/mol. The normalized spacial score (nSPS) is 11.9. The van der Waals surface area contributed by atoms with Crippen LogP contribution >= 0.6 is 0 Å². The molecule has 0 radical (unpaired) electrons. The van der Waals surface area contributed by atoms with Gasteiger partial charge in [0.05, 0.1) is 0 Å². The molecule has 1 heterocycles. The van der Waals surface area contributed by atoms with Gasteiger partial charge in [-0.1, -0.05) is 26.8 Å². The Hall–Kier alpha value is -1.09. The maximum atomic E-state index is 4.56. The maximum Gasteiger partial charge on any atom is 0.133 e. The quantitative estimate of drug-likeness (QED) is 0.839. The van der Waals surface area contributed by atoms with Gasteiger partial charge in [0, 0.05) is 36.9 Å². The van der Waals surface area contributed by atoms with Crippen molar-refractivity contribution in [2.24, 2.45) is 0 Å². The third-order valence-electron chi connectivity index (χ3n) is 3.66. The molecule has 3 nitrogen and oxygen atoms in total. The van der Waals surface area contributed by atoms with E-state index in [9.17, 15) is 0 Å². The van der Waals surface area contributed by atoms with E-state index in [1.54, 1.807) is 0 Å². The molecule has 1 rings (SSSR count). The third kappa shape index (κ3) is 3.70. The minimum absolute atomic E-state index is 0.126. The van der Waals surface area contributed by atoms with Gasteiger partial charge in [-0.15, -0.1) is 0 Å². The van der Waals surface area contributed by atoms with E-state index in [-0.39, 0.29) is 5.54 Å². The molecule has 0 aliphatic heterocycles. The molecule has 18 heavy (non-hydrogen) atoms. The Morgan fingerprint density at radius 3 is 2.61 bits per heavy atom. The first-order valence-electron chi connectivity index (χ1n) is 6.79. The third-order valence-corrected chi connectivity index (χ3v) is 3.66. The van der Waals surface area contributed by atoms with Gasteiger partial charge in [-0.25, -0.2) is 4.98 Å². The number of nitrogens with zero attached hydrogens (tertiary/aromatic N) is 2. The molecule has 0 aliphatic carbocycles. The molecule has 3 heteroatoms. The molecule has 0 unspecified atom stereocenters. The van der Waals surface area contributed by atoms with Crippen molar-refractivity contribution < 1.29 is 0 Å². The molecule has 0 saturated carbocycles. The molecule has 0 atom stereocenters. The first-order valence-corrected chi connectivity index (χ1v) is 6.79. The van der Waals surface area contributed by atoms with Crippen LogP contribution in [0.15, 0.2) is 18.3 Å². The fraction of sp³-hybridized carbons (Fsp3) is 0.667. The highest BCUT2D eigenvalue weighted by Crippen LogP contribution is 2.25. The Morgan fingerprint density at radius 2 is 2.06 bits per heavy atom. The lowest BCUT2D eigenvalue weighted by Gasteiger charge is -2.37. The highest BCUT2D eigenvalue weighted by atomic mass is 15.2. The summed E-state index contributed by atoms with van der Waals surface area (Å²) in [6.07, 6.45) is 2.97. The van der Waals surface area contributed by atoms with E-state index in [1.165, 1.54) is 5.56 Å². The van der Waals surface area contributed by atoms with Gasteiger partial charge in [-0.3, -0.25) is 0 Å². The van der Waals surface area contributed by atoms with E-state index in [4.69, 9.17) is 0 Å². The lowest BCUT2D eigenvalue weighted by atomic mass is 9.99. The smallest absolute Gasteiger partial charge is 0.133 e. The molecule has 0 bridgehead atoms. The van der Waals surface area contributed by atoms with Gasteiger partial charge in [-0.05, 0) is 26.3 Å². The van der Waals surface area contributed by atoms with Gasteiger partial charge < -0.3 is 10.2 Å². The van der Waals surface area contributed by atoms with Crippen LogP contribution in [0.4, 0.5) is 5.82 Å². The fourth-order valence-corrected chi connectivity index (χ4v) is 1.71. The molecule has 0 fully saturated rings. The molecule has 0 saturated heterocycles. The van der Waals surface area contributed by atoms with Gasteiger partial charge in [0.25, 0.3) is 0 Å². The predicted molar refractivity (Wildman–Crippen MR) is 79.0 cm³/mol. The molecule has 1 aromatic heterocycles. The van der Waals surface area contributed by atoms with Crippen LogP contribution in [0.5, 0.6) is 0 Å². The highest BCUT2D eigenvalue weighted by Gasteiger charge is 2.24. The molecular formula is C15H27N3. The Morgan fingerprint density at radius 1 is 1.39 bits per heavy atom. The lowest BCUT2D eigenvalue weighted by Crippen LogP contribution is -2.41. The van der Waals surface area contributed by atoms with Crippen LogP contribution in [0.3, 0.4) is 0 Å². The summed E-state index contributed by atoms with van der Waals surface area (Å²) in [6, 6.07) is 4.65. The first kappa shape index (κ1) is 15.0. The Labute approximate surface area is 112 Å². The van der Waals surface area contributed by atoms with Crippen molar-refractivity contribution in [1.82, 2.24) is 10.3 Å². The lowest BCUT2D eigenvalue weighted by molar-refractivity contribution is 0.464. The van der Waals surface area contributed by atoms with Crippen LogP contribution in [0.1, 0.15) is 46.6 Å². The molecular weight excluding hydrogens is 222 g/mol. The standard InChI is InChI=1S/C15H27N3/c1-7-15(4,5)18(6)14-13(9-8-10-16-14)11-17-12(2)3/h8-10,12,17H,7,11H2,1-6H3. The molecule has 1 aromatic rings. The second kappa shape index (κ2) is 6.19. The Kier molecular flexibility index (Phi) is 5.15. The summed E-state index contributed by atoms with van der Waals surface area (Å²) in [4.78, 5) is 6.84. The van der Waals surface area contributed by atoms with E-state index in [0.29, 0.717) is 6.04 Å². The van der Waals surface area contributed by atoms with Crippen molar-refractivity contribution in [3.8, 4) is 0 Å². The number of aromatic nitrogens is 1. The zero-order valence-electron chi connectivity index (χ0n) is 12.6. The fourth-order valence-electron chi connectivity index (χ4n) is 1.71. The number of hydrogen-bond acceptors (Lipinski definition) is 3. The van der Waals surface area contributed by atoms with Crippen LogP contribution < -0.4 is 10.2 Å². The topological polar surface area (TPSA) is 28.2 Å². The molecule has 0 aliphatic rings. The average Bonchev–Trinajstić information content (AvgIpc) is 2.35. The summed E-state index contributed by atoms with van der Waals surface area (Å²) in [7, 11) is 2.13. The van der Waals surface area contributed by atoms with Crippen LogP contribution in [0, 0.1) is 0 Å². The summed E-state index contributed by atoms with van der Waals surface area (Å²) >= 11 is 0. The van der Waals surface area contributed by atoms with Gasteiger partial charge >= 0.3 is 0 Å². The van der Waals surface area contributed by atoms with Gasteiger partial charge in [-0.2, -0.15) is 0 Å². The van der Waals surface area contributed by atoms with Crippen molar-refractivity contribution in [2.75, 3.05) is 11.9 Å². The summed E-state index contributed by atoms with van der Waals surface area (Å²) in [5.74, 6) is 1.08. The van der Waals surface area contributed by atoms with Crippen molar-refractivity contribution in [1.29, 1.82) is 0 Å². The highest BCUT2D eigenvalue weighted by molar-refractivity contribution is 5.48. The van der Waals surface area contributed by atoms with Crippen LogP contribution in [-0.4, -0.2) is 23.6 Å². The van der Waals surface area contributed by atoms with Gasteiger partial charge in [0.2, 0.25) is 0 Å². The molecule has 0 amide bonds. The van der Waals surface area contributed by atoms with E-state index >= 15 is 0 Å². The molecule has 0 aromatic carbocycles. The minimum atomic E-state index is 0.126. The number of rotatable bonds is 6. The Balaban J connectivity index is 2.94. The maximum absolute atomic E-state index is 4.56. The van der Waals surface area contributed by atoms with Crippen LogP contribution in [0.2, 0.25) is 0 Å². The second-order valence-corrected chi connectivity index (χ2v) is 5.75. The van der Waals surface area contributed by atoms with Crippen LogP contribution in [0.25, 0.3) is 0 Å². The van der Waals surface area contributed by atoms with E-state index in [2.05, 4.69) is 62.9 Å².